The van der Waals surface area contributed by atoms with Crippen LogP contribution in [0.5, 0.6) is 0 Å². The molecule has 2 heterocycles. The smallest absolute Gasteiger partial charge is 0.398 e. The van der Waals surface area contributed by atoms with E-state index in [2.05, 4.69) is 16.8 Å². The Hall–Kier alpha value is -1.68. The van der Waals surface area contributed by atoms with Gasteiger partial charge in [-0.2, -0.15) is 0 Å². The van der Waals surface area contributed by atoms with E-state index < -0.39 is 24.0 Å². The first-order valence-electron chi connectivity index (χ1n) is 7.54. The van der Waals surface area contributed by atoms with Crippen LogP contribution in [0, 0.1) is 11.8 Å². The number of nitrogens with zero attached hydrogens (tertiary/aromatic N) is 1. The zero-order chi connectivity index (χ0) is 17.1. The minimum absolute atomic E-state index is 0.0205. The Bertz CT molecular complexity index is 645. The summed E-state index contributed by atoms with van der Waals surface area (Å²) in [5.41, 5.74) is -0.719. The summed E-state index contributed by atoms with van der Waals surface area (Å²) >= 11 is 0. The summed E-state index contributed by atoms with van der Waals surface area (Å²) in [6.07, 6.45) is 3.27. The predicted octanol–water partition coefficient (Wildman–Crippen LogP) is 2.76. The minimum atomic E-state index is -1.04. The Balaban J connectivity index is 2.25. The molecule has 4 nitrogen and oxygen atoms in total. The van der Waals surface area contributed by atoms with Gasteiger partial charge in [-0.1, -0.05) is 12.0 Å². The zero-order valence-corrected chi connectivity index (χ0v) is 13.9. The topological polar surface area (TPSA) is 51.6 Å². The van der Waals surface area contributed by atoms with Crippen molar-refractivity contribution in [3.8, 4) is 11.8 Å². The van der Waals surface area contributed by atoms with Crippen molar-refractivity contribution in [1.29, 1.82) is 0 Å². The average molecular weight is 317 g/mol. The molecular weight excluding hydrogens is 296 g/mol. The molecule has 6 heteroatoms. The molecule has 0 saturated carbocycles. The van der Waals surface area contributed by atoms with Gasteiger partial charge in [0.2, 0.25) is 0 Å². The van der Waals surface area contributed by atoms with Crippen LogP contribution in [-0.2, 0) is 9.31 Å². The van der Waals surface area contributed by atoms with E-state index in [-0.39, 0.29) is 6.61 Å². The number of hydrogen-bond donors (Lipinski definition) is 1. The normalized spacial score (nSPS) is 19.4. The molecule has 0 aliphatic carbocycles. The summed E-state index contributed by atoms with van der Waals surface area (Å²) in [5.74, 6) is 5.61. The quantitative estimate of drug-likeness (QED) is 0.688. The molecule has 2 rings (SSSR count). The summed E-state index contributed by atoms with van der Waals surface area (Å²) in [7, 11) is -1.04. The van der Waals surface area contributed by atoms with Crippen LogP contribution in [0.3, 0.4) is 0 Å². The van der Waals surface area contributed by atoms with Crippen molar-refractivity contribution in [2.24, 2.45) is 0 Å². The van der Waals surface area contributed by atoms with E-state index in [9.17, 15) is 4.39 Å². The van der Waals surface area contributed by atoms with Gasteiger partial charge in [0.05, 0.1) is 17.8 Å². The number of halogens is 1. The van der Waals surface area contributed by atoms with Gasteiger partial charge < -0.3 is 14.4 Å². The van der Waals surface area contributed by atoms with E-state index in [4.69, 9.17) is 14.4 Å². The first-order chi connectivity index (χ1) is 10.8. The third-order valence-corrected chi connectivity index (χ3v) is 4.05. The Morgan fingerprint density at radius 3 is 2.61 bits per heavy atom. The molecule has 0 radical (unpaired) electrons. The van der Waals surface area contributed by atoms with Crippen LogP contribution in [0.2, 0.25) is 0 Å². The molecule has 0 spiro atoms. The molecule has 0 amide bonds. The molecule has 0 unspecified atom stereocenters. The summed E-state index contributed by atoms with van der Waals surface area (Å²) in [6, 6.07) is 3.43. The standard InChI is InChI=1S/C17H21BFNO3/c1-16(2)17(3,4)23-18(22-16)15(19)12-13-8-7-10-20-14(13)9-5-6-11-21/h7-8,10,12,21H,6,11H2,1-4H3. The highest BCUT2D eigenvalue weighted by Crippen LogP contribution is 2.39. The second kappa shape index (κ2) is 6.83. The summed E-state index contributed by atoms with van der Waals surface area (Å²) < 4.78 is 25.9. The van der Waals surface area contributed by atoms with Crippen LogP contribution in [0.15, 0.2) is 24.1 Å². The maximum Gasteiger partial charge on any atom is 0.525 e. The zero-order valence-electron chi connectivity index (χ0n) is 13.9. The molecule has 1 aromatic rings. The molecule has 1 aliphatic rings. The molecule has 1 N–H and O–H groups in total. The average Bonchev–Trinajstić information content (AvgIpc) is 2.69. The van der Waals surface area contributed by atoms with Crippen LogP contribution in [0.1, 0.15) is 45.4 Å². The number of rotatable bonds is 3. The summed E-state index contributed by atoms with van der Waals surface area (Å²) in [4.78, 5) is 4.14. The maximum atomic E-state index is 14.5. The highest BCUT2D eigenvalue weighted by atomic mass is 19.1. The largest absolute Gasteiger partial charge is 0.525 e. The van der Waals surface area contributed by atoms with E-state index in [0.717, 1.165) is 0 Å². The van der Waals surface area contributed by atoms with Crippen LogP contribution in [0.4, 0.5) is 4.39 Å². The van der Waals surface area contributed by atoms with Gasteiger partial charge in [-0.25, -0.2) is 9.37 Å². The third-order valence-electron chi connectivity index (χ3n) is 4.05. The monoisotopic (exact) mass is 317 g/mol. The summed E-state index contributed by atoms with van der Waals surface area (Å²) in [6.45, 7) is 7.46. The fraction of sp³-hybridized carbons (Fsp3) is 0.471. The molecule has 0 bridgehead atoms. The SMILES string of the molecule is CC1(C)OB(C(F)=Cc2cccnc2C#CCCO)OC1(C)C. The Morgan fingerprint density at radius 1 is 1.35 bits per heavy atom. The lowest BCUT2D eigenvalue weighted by Gasteiger charge is -2.32. The number of aliphatic hydroxyl groups excluding tert-OH is 1. The second-order valence-electron chi connectivity index (χ2n) is 6.33. The van der Waals surface area contributed by atoms with E-state index in [1.807, 2.05) is 27.7 Å². The molecule has 23 heavy (non-hydrogen) atoms. The Labute approximate surface area is 136 Å². The van der Waals surface area contributed by atoms with Crippen molar-refractivity contribution in [3.63, 3.8) is 0 Å². The van der Waals surface area contributed by atoms with Gasteiger partial charge >= 0.3 is 7.12 Å². The van der Waals surface area contributed by atoms with Gasteiger partial charge in [0, 0.05) is 18.2 Å². The first-order valence-corrected chi connectivity index (χ1v) is 7.54. The van der Waals surface area contributed by atoms with E-state index >= 15 is 0 Å². The lowest BCUT2D eigenvalue weighted by atomic mass is 9.86. The van der Waals surface area contributed by atoms with Gasteiger partial charge in [-0.15, -0.1) is 0 Å². The van der Waals surface area contributed by atoms with Gasteiger partial charge in [0.25, 0.3) is 0 Å². The Kier molecular flexibility index (Phi) is 5.25. The summed E-state index contributed by atoms with van der Waals surface area (Å²) in [5, 5.41) is 8.77. The molecule has 122 valence electrons. The van der Waals surface area contributed by atoms with Crippen molar-refractivity contribution >= 4 is 13.2 Å². The van der Waals surface area contributed by atoms with E-state index in [1.165, 1.54) is 6.08 Å². The lowest BCUT2D eigenvalue weighted by molar-refractivity contribution is 0.00578. The number of hydrogen-bond acceptors (Lipinski definition) is 4. The fourth-order valence-electron chi connectivity index (χ4n) is 2.01. The second-order valence-corrected chi connectivity index (χ2v) is 6.33. The predicted molar refractivity (Wildman–Crippen MR) is 88.0 cm³/mol. The molecule has 1 fully saturated rings. The molecule has 0 atom stereocenters. The van der Waals surface area contributed by atoms with Gasteiger partial charge in [0.15, 0.2) is 0 Å². The molecular formula is C17H21BFNO3. The van der Waals surface area contributed by atoms with E-state index in [1.54, 1.807) is 18.3 Å². The minimum Gasteiger partial charge on any atom is -0.398 e. The number of aliphatic hydroxyl groups is 1. The highest BCUT2D eigenvalue weighted by molar-refractivity contribution is 6.54. The number of pyridine rings is 1. The van der Waals surface area contributed by atoms with Crippen LogP contribution < -0.4 is 0 Å². The van der Waals surface area contributed by atoms with Crippen LogP contribution in [0.25, 0.3) is 6.08 Å². The van der Waals surface area contributed by atoms with Crippen molar-refractivity contribution in [2.75, 3.05) is 6.61 Å². The highest BCUT2D eigenvalue weighted by Gasteiger charge is 2.53. The van der Waals surface area contributed by atoms with Crippen molar-refractivity contribution in [3.05, 3.63) is 35.3 Å². The fourth-order valence-corrected chi connectivity index (χ4v) is 2.01. The van der Waals surface area contributed by atoms with Gasteiger partial charge in [0.1, 0.15) is 11.4 Å². The molecule has 0 aromatic carbocycles. The van der Waals surface area contributed by atoms with Crippen molar-refractivity contribution < 1.29 is 18.8 Å². The van der Waals surface area contributed by atoms with E-state index in [0.29, 0.717) is 17.7 Å². The molecule has 1 aromatic heterocycles. The maximum absolute atomic E-state index is 14.5. The van der Waals surface area contributed by atoms with Gasteiger partial charge in [-0.3, -0.25) is 0 Å². The Morgan fingerprint density at radius 2 is 2.00 bits per heavy atom. The molecule has 1 aliphatic heterocycles. The van der Waals surface area contributed by atoms with Crippen molar-refractivity contribution in [2.45, 2.75) is 45.3 Å². The third kappa shape index (κ3) is 4.00. The van der Waals surface area contributed by atoms with Crippen LogP contribution in [-0.4, -0.2) is 35.0 Å². The number of aromatic nitrogens is 1. The first kappa shape index (κ1) is 17.7. The lowest BCUT2D eigenvalue weighted by Crippen LogP contribution is -2.41. The van der Waals surface area contributed by atoms with Gasteiger partial charge in [-0.05, 0) is 45.8 Å². The van der Waals surface area contributed by atoms with Crippen molar-refractivity contribution in [1.82, 2.24) is 4.98 Å². The molecule has 1 saturated heterocycles. The van der Waals surface area contributed by atoms with Crippen LogP contribution >= 0.6 is 0 Å².